The van der Waals surface area contributed by atoms with E-state index in [2.05, 4.69) is 24.4 Å². The smallest absolute Gasteiger partial charge is 0.321 e. The van der Waals surface area contributed by atoms with Gasteiger partial charge >= 0.3 is 5.97 Å². The molecule has 1 saturated heterocycles. The van der Waals surface area contributed by atoms with Crippen LogP contribution < -0.4 is 10.1 Å². The highest BCUT2D eigenvalue weighted by atomic mass is 32.2. The summed E-state index contributed by atoms with van der Waals surface area (Å²) >= 11 is 1.61. The second-order valence-corrected chi connectivity index (χ2v) is 6.70. The van der Waals surface area contributed by atoms with Gasteiger partial charge in [0.2, 0.25) is 0 Å². The molecule has 2 aromatic carbocycles. The topological polar surface area (TPSA) is 58.6 Å². The van der Waals surface area contributed by atoms with E-state index in [1.54, 1.807) is 11.8 Å². The van der Waals surface area contributed by atoms with Crippen LogP contribution in [-0.2, 0) is 11.4 Å². The number of carboxylic acid groups (broad SMARTS) is 1. The van der Waals surface area contributed by atoms with Crippen molar-refractivity contribution in [2.75, 3.05) is 5.75 Å². The molecule has 0 aliphatic carbocycles. The molecule has 2 unspecified atom stereocenters. The number of carbonyl (C=O) groups is 1. The van der Waals surface area contributed by atoms with Gasteiger partial charge in [0.25, 0.3) is 0 Å². The monoisotopic (exact) mass is 329 g/mol. The number of nitrogens with one attached hydrogen (secondary N) is 1. The number of carboxylic acids is 1. The summed E-state index contributed by atoms with van der Waals surface area (Å²) in [4.78, 5) is 11.0. The van der Waals surface area contributed by atoms with Crippen LogP contribution in [0, 0.1) is 6.92 Å². The van der Waals surface area contributed by atoms with Crippen LogP contribution in [0.2, 0.25) is 0 Å². The SMILES string of the molecule is Cc1ccccc1COc1cccc(C2NC(C(=O)O)CS2)c1. The Bertz CT molecular complexity index is 704. The van der Waals surface area contributed by atoms with Crippen molar-refractivity contribution in [3.8, 4) is 5.75 Å². The van der Waals surface area contributed by atoms with E-state index in [9.17, 15) is 4.79 Å². The molecule has 0 saturated carbocycles. The van der Waals surface area contributed by atoms with Crippen LogP contribution in [0.3, 0.4) is 0 Å². The zero-order valence-corrected chi connectivity index (χ0v) is 13.7. The van der Waals surface area contributed by atoms with E-state index in [1.165, 1.54) is 5.56 Å². The second-order valence-electron chi connectivity index (χ2n) is 5.56. The van der Waals surface area contributed by atoms with Crippen molar-refractivity contribution < 1.29 is 14.6 Å². The number of thioether (sulfide) groups is 1. The maximum Gasteiger partial charge on any atom is 0.321 e. The van der Waals surface area contributed by atoms with Crippen molar-refractivity contribution in [1.29, 1.82) is 0 Å². The zero-order chi connectivity index (χ0) is 16.2. The van der Waals surface area contributed by atoms with E-state index < -0.39 is 12.0 Å². The van der Waals surface area contributed by atoms with Crippen molar-refractivity contribution >= 4 is 17.7 Å². The summed E-state index contributed by atoms with van der Waals surface area (Å²) in [5.74, 6) is 0.577. The first-order valence-electron chi connectivity index (χ1n) is 7.51. The lowest BCUT2D eigenvalue weighted by atomic mass is 10.1. The molecule has 0 radical (unpaired) electrons. The van der Waals surface area contributed by atoms with E-state index in [0.717, 1.165) is 16.9 Å². The molecule has 0 amide bonds. The quantitative estimate of drug-likeness (QED) is 0.881. The van der Waals surface area contributed by atoms with Gasteiger partial charge in [-0.3, -0.25) is 10.1 Å². The molecule has 0 spiro atoms. The predicted octanol–water partition coefficient (Wildman–Crippen LogP) is 3.36. The fourth-order valence-corrected chi connectivity index (χ4v) is 3.73. The molecule has 1 aliphatic rings. The Hall–Kier alpha value is -1.98. The molecule has 3 rings (SSSR count). The molecule has 1 fully saturated rings. The minimum atomic E-state index is -0.799. The molecule has 0 aromatic heterocycles. The Kier molecular flexibility index (Phi) is 4.88. The second kappa shape index (κ2) is 7.06. The number of ether oxygens (including phenoxy) is 1. The molecule has 1 heterocycles. The summed E-state index contributed by atoms with van der Waals surface area (Å²) in [7, 11) is 0. The lowest BCUT2D eigenvalue weighted by molar-refractivity contribution is -0.138. The zero-order valence-electron chi connectivity index (χ0n) is 12.9. The van der Waals surface area contributed by atoms with E-state index in [0.29, 0.717) is 12.4 Å². The average Bonchev–Trinajstić information content (AvgIpc) is 3.05. The van der Waals surface area contributed by atoms with E-state index in [4.69, 9.17) is 9.84 Å². The first-order chi connectivity index (χ1) is 11.1. The molecule has 1 aliphatic heterocycles. The minimum Gasteiger partial charge on any atom is -0.489 e. The van der Waals surface area contributed by atoms with Crippen LogP contribution in [0.1, 0.15) is 22.1 Å². The van der Waals surface area contributed by atoms with Gasteiger partial charge in [0.05, 0.1) is 5.37 Å². The molecule has 2 N–H and O–H groups in total. The summed E-state index contributed by atoms with van der Waals surface area (Å²) in [6, 6.07) is 15.5. The molecule has 120 valence electrons. The lowest BCUT2D eigenvalue weighted by Gasteiger charge is -2.14. The van der Waals surface area contributed by atoms with Crippen molar-refractivity contribution in [3.05, 3.63) is 65.2 Å². The molecule has 23 heavy (non-hydrogen) atoms. The van der Waals surface area contributed by atoms with Crippen LogP contribution in [0.15, 0.2) is 48.5 Å². The van der Waals surface area contributed by atoms with Gasteiger partial charge in [0.15, 0.2) is 0 Å². The molecule has 0 bridgehead atoms. The van der Waals surface area contributed by atoms with Crippen molar-refractivity contribution in [1.82, 2.24) is 5.32 Å². The Morgan fingerprint density at radius 2 is 2.13 bits per heavy atom. The van der Waals surface area contributed by atoms with E-state index in [-0.39, 0.29) is 5.37 Å². The fourth-order valence-electron chi connectivity index (χ4n) is 2.51. The maximum atomic E-state index is 11.0. The Labute approximate surface area is 139 Å². The average molecular weight is 329 g/mol. The van der Waals surface area contributed by atoms with Gasteiger partial charge in [-0.1, -0.05) is 36.4 Å². The van der Waals surface area contributed by atoms with Crippen molar-refractivity contribution in [2.45, 2.75) is 24.9 Å². The molecule has 2 aromatic rings. The summed E-state index contributed by atoms with van der Waals surface area (Å²) in [6.07, 6.45) is 0. The summed E-state index contributed by atoms with van der Waals surface area (Å²) < 4.78 is 5.89. The van der Waals surface area contributed by atoms with Crippen LogP contribution in [0.5, 0.6) is 5.75 Å². The lowest BCUT2D eigenvalue weighted by Crippen LogP contribution is -2.33. The highest BCUT2D eigenvalue weighted by Gasteiger charge is 2.30. The summed E-state index contributed by atoms with van der Waals surface area (Å²) in [5, 5.41) is 12.2. The van der Waals surface area contributed by atoms with Gasteiger partial charge in [0.1, 0.15) is 18.4 Å². The largest absolute Gasteiger partial charge is 0.489 e. The third-order valence-corrected chi connectivity index (χ3v) is 5.16. The first kappa shape index (κ1) is 15.9. The number of aryl methyl sites for hydroxylation is 1. The van der Waals surface area contributed by atoms with Crippen molar-refractivity contribution in [3.63, 3.8) is 0 Å². The van der Waals surface area contributed by atoms with Gasteiger partial charge in [-0.05, 0) is 35.7 Å². The van der Waals surface area contributed by atoms with Crippen molar-refractivity contribution in [2.24, 2.45) is 0 Å². The first-order valence-corrected chi connectivity index (χ1v) is 8.56. The Morgan fingerprint density at radius 3 is 2.87 bits per heavy atom. The number of rotatable bonds is 5. The normalized spacial score (nSPS) is 20.4. The molecular weight excluding hydrogens is 310 g/mol. The van der Waals surface area contributed by atoms with E-state index in [1.807, 2.05) is 36.4 Å². The third kappa shape index (κ3) is 3.86. The highest BCUT2D eigenvalue weighted by Crippen LogP contribution is 2.34. The highest BCUT2D eigenvalue weighted by molar-refractivity contribution is 7.99. The number of aliphatic carboxylic acids is 1. The predicted molar refractivity (Wildman–Crippen MR) is 91.7 cm³/mol. The molecular formula is C18H19NO3S. The summed E-state index contributed by atoms with van der Waals surface area (Å²) in [6.45, 7) is 2.60. The number of benzene rings is 2. The molecule has 5 heteroatoms. The van der Waals surface area contributed by atoms with Gasteiger partial charge in [-0.15, -0.1) is 11.8 Å². The number of hydrogen-bond acceptors (Lipinski definition) is 4. The Balaban J connectivity index is 1.66. The third-order valence-electron chi connectivity index (χ3n) is 3.90. The van der Waals surface area contributed by atoms with Crippen LogP contribution in [0.4, 0.5) is 0 Å². The number of hydrogen-bond donors (Lipinski definition) is 2. The maximum absolute atomic E-state index is 11.0. The fraction of sp³-hybridized carbons (Fsp3) is 0.278. The molecule has 2 atom stereocenters. The van der Waals surface area contributed by atoms with Gasteiger partial charge in [-0.2, -0.15) is 0 Å². The minimum absolute atomic E-state index is 0.00175. The van der Waals surface area contributed by atoms with Crippen LogP contribution in [0.25, 0.3) is 0 Å². The summed E-state index contributed by atoms with van der Waals surface area (Å²) in [5.41, 5.74) is 3.42. The van der Waals surface area contributed by atoms with E-state index >= 15 is 0 Å². The van der Waals surface area contributed by atoms with Crippen LogP contribution in [-0.4, -0.2) is 22.9 Å². The molecule has 4 nitrogen and oxygen atoms in total. The standard InChI is InChI=1S/C18H19NO3S/c1-12-5-2-3-6-14(12)10-22-15-8-4-7-13(9-15)17-19-16(11-23-17)18(20)21/h2-9,16-17,19H,10-11H2,1H3,(H,20,21). The Morgan fingerprint density at radius 1 is 1.30 bits per heavy atom. The van der Waals surface area contributed by atoms with Gasteiger partial charge < -0.3 is 9.84 Å². The van der Waals surface area contributed by atoms with Crippen LogP contribution >= 0.6 is 11.8 Å². The van der Waals surface area contributed by atoms with Gasteiger partial charge in [0, 0.05) is 5.75 Å². The van der Waals surface area contributed by atoms with Gasteiger partial charge in [-0.25, -0.2) is 0 Å².